The maximum Gasteiger partial charge on any atom is 0.256 e. The third-order valence-corrected chi connectivity index (χ3v) is 6.68. The summed E-state index contributed by atoms with van der Waals surface area (Å²) in [5, 5.41) is 3.83. The highest BCUT2D eigenvalue weighted by Crippen LogP contribution is 2.28. The summed E-state index contributed by atoms with van der Waals surface area (Å²) >= 11 is 6.93. The molecule has 3 aromatic carbocycles. The Morgan fingerprint density at radius 2 is 1.69 bits per heavy atom. The van der Waals surface area contributed by atoms with Gasteiger partial charge in [0.25, 0.3) is 5.91 Å². The fourth-order valence-corrected chi connectivity index (χ4v) is 3.82. The van der Waals surface area contributed by atoms with Crippen LogP contribution >= 0.6 is 31.9 Å². The van der Waals surface area contributed by atoms with Gasteiger partial charge < -0.3 is 5.32 Å². The lowest BCUT2D eigenvalue weighted by atomic mass is 10.0. The van der Waals surface area contributed by atoms with E-state index < -0.39 is 0 Å². The van der Waals surface area contributed by atoms with E-state index in [0.29, 0.717) is 5.56 Å². The SMILES string of the molecule is CCc1ccc(-c2cc(C(=O)Nc3ccc(Br)c(Br)c3)c3ccccc3n2)cc1. The van der Waals surface area contributed by atoms with Gasteiger partial charge in [-0.1, -0.05) is 49.4 Å². The summed E-state index contributed by atoms with van der Waals surface area (Å²) in [7, 11) is 0. The lowest BCUT2D eigenvalue weighted by Gasteiger charge is -2.11. The molecule has 4 aromatic rings. The Kier molecular flexibility index (Phi) is 5.79. The molecule has 0 radical (unpaired) electrons. The molecule has 1 aromatic heterocycles. The molecular weight excluding hydrogens is 492 g/mol. The molecule has 1 N–H and O–H groups in total. The van der Waals surface area contributed by atoms with Crippen molar-refractivity contribution in [3.8, 4) is 11.3 Å². The zero-order valence-electron chi connectivity index (χ0n) is 15.7. The van der Waals surface area contributed by atoms with E-state index in [-0.39, 0.29) is 5.91 Å². The van der Waals surface area contributed by atoms with Crippen LogP contribution in [0.25, 0.3) is 22.2 Å². The molecule has 0 aliphatic carbocycles. The molecule has 0 fully saturated rings. The fraction of sp³-hybridized carbons (Fsp3) is 0.0833. The first-order chi connectivity index (χ1) is 14.0. The van der Waals surface area contributed by atoms with Crippen LogP contribution in [0.5, 0.6) is 0 Å². The van der Waals surface area contributed by atoms with Crippen LogP contribution in [0.15, 0.2) is 81.7 Å². The number of para-hydroxylation sites is 1. The molecule has 5 heteroatoms. The zero-order chi connectivity index (χ0) is 20.4. The number of hydrogen-bond donors (Lipinski definition) is 1. The van der Waals surface area contributed by atoms with Crippen LogP contribution in [0.1, 0.15) is 22.8 Å². The summed E-state index contributed by atoms with van der Waals surface area (Å²) in [6.45, 7) is 2.13. The number of aryl methyl sites for hydroxylation is 1. The number of halogens is 2. The van der Waals surface area contributed by atoms with Gasteiger partial charge in [-0.3, -0.25) is 4.79 Å². The zero-order valence-corrected chi connectivity index (χ0v) is 18.9. The molecule has 3 nitrogen and oxygen atoms in total. The molecule has 0 aliphatic rings. The molecule has 0 saturated carbocycles. The summed E-state index contributed by atoms with van der Waals surface area (Å²) in [6.07, 6.45) is 0.988. The van der Waals surface area contributed by atoms with Crippen molar-refractivity contribution in [1.29, 1.82) is 0 Å². The number of benzene rings is 3. The molecule has 0 unspecified atom stereocenters. The topological polar surface area (TPSA) is 42.0 Å². The summed E-state index contributed by atoms with van der Waals surface area (Å²) in [5.41, 5.74) is 5.17. The van der Waals surface area contributed by atoms with E-state index in [4.69, 9.17) is 4.98 Å². The normalized spacial score (nSPS) is 10.9. The molecule has 0 aliphatic heterocycles. The number of hydrogen-bond acceptors (Lipinski definition) is 2. The van der Waals surface area contributed by atoms with E-state index in [9.17, 15) is 4.79 Å². The van der Waals surface area contributed by atoms with Crippen molar-refractivity contribution in [2.24, 2.45) is 0 Å². The third kappa shape index (κ3) is 4.26. The van der Waals surface area contributed by atoms with Crippen molar-refractivity contribution in [3.63, 3.8) is 0 Å². The molecule has 0 saturated heterocycles. The first-order valence-electron chi connectivity index (χ1n) is 9.30. The van der Waals surface area contributed by atoms with Gasteiger partial charge in [0.15, 0.2) is 0 Å². The first-order valence-corrected chi connectivity index (χ1v) is 10.9. The van der Waals surface area contributed by atoms with Crippen LogP contribution in [0.3, 0.4) is 0 Å². The molecule has 144 valence electrons. The number of fused-ring (bicyclic) bond motifs is 1. The minimum atomic E-state index is -0.163. The highest BCUT2D eigenvalue weighted by atomic mass is 79.9. The van der Waals surface area contributed by atoms with E-state index in [2.05, 4.69) is 68.4 Å². The maximum absolute atomic E-state index is 13.1. The van der Waals surface area contributed by atoms with Gasteiger partial charge in [0.1, 0.15) is 0 Å². The monoisotopic (exact) mass is 508 g/mol. The van der Waals surface area contributed by atoms with Gasteiger partial charge in [0.05, 0.1) is 16.8 Å². The Hall–Kier alpha value is -2.50. The highest BCUT2D eigenvalue weighted by Gasteiger charge is 2.14. The Morgan fingerprint density at radius 3 is 2.41 bits per heavy atom. The number of nitrogens with zero attached hydrogens (tertiary/aromatic N) is 1. The minimum Gasteiger partial charge on any atom is -0.322 e. The molecule has 0 spiro atoms. The van der Waals surface area contributed by atoms with Gasteiger partial charge in [0.2, 0.25) is 0 Å². The van der Waals surface area contributed by atoms with Crippen molar-refractivity contribution >= 4 is 54.4 Å². The summed E-state index contributed by atoms with van der Waals surface area (Å²) in [4.78, 5) is 17.9. The second-order valence-electron chi connectivity index (χ2n) is 6.71. The lowest BCUT2D eigenvalue weighted by molar-refractivity contribution is 0.102. The van der Waals surface area contributed by atoms with E-state index in [1.807, 2.05) is 48.5 Å². The average molecular weight is 510 g/mol. The van der Waals surface area contributed by atoms with Crippen LogP contribution in [0.2, 0.25) is 0 Å². The number of aromatic nitrogens is 1. The van der Waals surface area contributed by atoms with Gasteiger partial charge in [-0.15, -0.1) is 0 Å². The third-order valence-electron chi connectivity index (χ3n) is 4.80. The number of nitrogens with one attached hydrogen (secondary N) is 1. The van der Waals surface area contributed by atoms with E-state index in [1.165, 1.54) is 5.56 Å². The number of anilines is 1. The van der Waals surface area contributed by atoms with Crippen molar-refractivity contribution in [3.05, 3.63) is 92.9 Å². The van der Waals surface area contributed by atoms with Crippen LogP contribution in [-0.2, 0) is 6.42 Å². The van der Waals surface area contributed by atoms with Gasteiger partial charge in [-0.2, -0.15) is 0 Å². The summed E-state index contributed by atoms with van der Waals surface area (Å²) in [6, 6.07) is 23.5. The van der Waals surface area contributed by atoms with Gasteiger partial charge in [-0.05, 0) is 74.2 Å². The molecule has 1 heterocycles. The summed E-state index contributed by atoms with van der Waals surface area (Å²) < 4.78 is 1.81. The van der Waals surface area contributed by atoms with Gasteiger partial charge in [-0.25, -0.2) is 4.98 Å². The quantitative estimate of drug-likeness (QED) is 0.315. The number of carbonyl (C=O) groups is 1. The predicted molar refractivity (Wildman–Crippen MR) is 126 cm³/mol. The van der Waals surface area contributed by atoms with Crippen molar-refractivity contribution in [2.75, 3.05) is 5.32 Å². The van der Waals surface area contributed by atoms with Gasteiger partial charge in [0, 0.05) is 25.6 Å². The second kappa shape index (κ2) is 8.47. The van der Waals surface area contributed by atoms with Crippen LogP contribution in [-0.4, -0.2) is 10.9 Å². The standard InChI is InChI=1S/C24H18Br2N2O/c1-2-15-7-9-16(10-8-15)23-14-19(18-5-3-4-6-22(18)28-23)24(29)27-17-11-12-20(25)21(26)13-17/h3-14H,2H2,1H3,(H,27,29). The number of amides is 1. The second-order valence-corrected chi connectivity index (χ2v) is 8.41. The Labute approximate surface area is 186 Å². The number of rotatable bonds is 4. The fourth-order valence-electron chi connectivity index (χ4n) is 3.19. The first kappa shape index (κ1) is 19.8. The van der Waals surface area contributed by atoms with Crippen molar-refractivity contribution in [1.82, 2.24) is 4.98 Å². The average Bonchev–Trinajstić information content (AvgIpc) is 2.75. The van der Waals surface area contributed by atoms with Crippen molar-refractivity contribution in [2.45, 2.75) is 13.3 Å². The Morgan fingerprint density at radius 1 is 0.931 bits per heavy atom. The summed E-state index contributed by atoms with van der Waals surface area (Å²) in [5.74, 6) is -0.163. The molecular formula is C24H18Br2N2O. The van der Waals surface area contributed by atoms with E-state index in [0.717, 1.165) is 43.2 Å². The Balaban J connectivity index is 1.77. The minimum absolute atomic E-state index is 0.163. The van der Waals surface area contributed by atoms with Crippen molar-refractivity contribution < 1.29 is 4.79 Å². The van der Waals surface area contributed by atoms with Gasteiger partial charge >= 0.3 is 0 Å². The molecule has 0 bridgehead atoms. The molecule has 4 rings (SSSR count). The van der Waals surface area contributed by atoms with E-state index in [1.54, 1.807) is 0 Å². The van der Waals surface area contributed by atoms with Crippen LogP contribution in [0, 0.1) is 0 Å². The molecule has 0 atom stereocenters. The van der Waals surface area contributed by atoms with Crippen LogP contribution in [0.4, 0.5) is 5.69 Å². The van der Waals surface area contributed by atoms with E-state index >= 15 is 0 Å². The largest absolute Gasteiger partial charge is 0.322 e. The maximum atomic E-state index is 13.1. The smallest absolute Gasteiger partial charge is 0.256 e. The lowest BCUT2D eigenvalue weighted by Crippen LogP contribution is -2.13. The van der Waals surface area contributed by atoms with Crippen LogP contribution < -0.4 is 5.32 Å². The highest BCUT2D eigenvalue weighted by molar-refractivity contribution is 9.13. The molecule has 29 heavy (non-hydrogen) atoms. The number of pyridine rings is 1. The Bertz CT molecular complexity index is 1200. The predicted octanol–water partition coefficient (Wildman–Crippen LogP) is 7.24. The molecule has 1 amide bonds. The number of carbonyl (C=O) groups excluding carboxylic acids is 1.